The van der Waals surface area contributed by atoms with Gasteiger partial charge in [-0.2, -0.15) is 5.26 Å². The van der Waals surface area contributed by atoms with Gasteiger partial charge in [-0.15, -0.1) is 0 Å². The molecule has 0 bridgehead atoms. The van der Waals surface area contributed by atoms with Gasteiger partial charge in [0.1, 0.15) is 24.9 Å². The Balaban J connectivity index is 1.76. The first-order valence-corrected chi connectivity index (χ1v) is 8.04. The normalized spacial score (nSPS) is 14.3. The first-order chi connectivity index (χ1) is 12.2. The molecule has 3 rings (SSSR count). The molecule has 0 aromatic heterocycles. The number of hydrogen-bond acceptors (Lipinski definition) is 4. The third-order valence-corrected chi connectivity index (χ3v) is 3.89. The van der Waals surface area contributed by atoms with Gasteiger partial charge in [0.15, 0.2) is 11.5 Å². The van der Waals surface area contributed by atoms with Crippen molar-refractivity contribution < 1.29 is 14.3 Å². The van der Waals surface area contributed by atoms with E-state index in [-0.39, 0.29) is 11.6 Å². The van der Waals surface area contributed by atoms with Gasteiger partial charge in [0.25, 0.3) is 5.91 Å². The van der Waals surface area contributed by atoms with Crippen LogP contribution >= 0.6 is 0 Å². The number of hydrogen-bond donors (Lipinski definition) is 1. The predicted octanol–water partition coefficient (Wildman–Crippen LogP) is 3.24. The number of amides is 1. The zero-order valence-corrected chi connectivity index (χ0v) is 13.9. The van der Waals surface area contributed by atoms with Crippen molar-refractivity contribution in [1.29, 1.82) is 5.26 Å². The Bertz CT molecular complexity index is 838. The van der Waals surface area contributed by atoms with Gasteiger partial charge < -0.3 is 14.8 Å². The molecule has 1 aliphatic rings. The van der Waals surface area contributed by atoms with E-state index in [0.717, 1.165) is 5.56 Å². The van der Waals surface area contributed by atoms with Crippen molar-refractivity contribution in [2.75, 3.05) is 13.2 Å². The first kappa shape index (κ1) is 16.6. The predicted molar refractivity (Wildman–Crippen MR) is 94.0 cm³/mol. The smallest absolute Gasteiger partial charge is 0.262 e. The first-order valence-electron chi connectivity index (χ1n) is 8.04. The van der Waals surface area contributed by atoms with E-state index in [2.05, 4.69) is 5.32 Å². The molecular weight excluding hydrogens is 316 g/mol. The van der Waals surface area contributed by atoms with Gasteiger partial charge in [0.2, 0.25) is 0 Å². The molecule has 0 saturated heterocycles. The molecule has 1 amide bonds. The van der Waals surface area contributed by atoms with Gasteiger partial charge in [-0.25, -0.2) is 0 Å². The van der Waals surface area contributed by atoms with Gasteiger partial charge in [0, 0.05) is 0 Å². The summed E-state index contributed by atoms with van der Waals surface area (Å²) in [6.45, 7) is 2.89. The summed E-state index contributed by atoms with van der Waals surface area (Å²) in [7, 11) is 0. The van der Waals surface area contributed by atoms with Gasteiger partial charge in [-0.1, -0.05) is 36.4 Å². The van der Waals surface area contributed by atoms with E-state index in [0.29, 0.717) is 30.3 Å². The van der Waals surface area contributed by atoms with Crippen LogP contribution in [0.25, 0.3) is 6.08 Å². The molecule has 0 radical (unpaired) electrons. The minimum atomic E-state index is -0.409. The summed E-state index contributed by atoms with van der Waals surface area (Å²) in [5.74, 6) is 0.883. The van der Waals surface area contributed by atoms with E-state index in [1.54, 1.807) is 24.3 Å². The van der Waals surface area contributed by atoms with E-state index in [1.165, 1.54) is 0 Å². The number of nitrogens with zero attached hydrogens (tertiary/aromatic N) is 1. The van der Waals surface area contributed by atoms with Crippen LogP contribution in [-0.2, 0) is 4.79 Å². The fourth-order valence-corrected chi connectivity index (χ4v) is 2.56. The molecule has 126 valence electrons. The fraction of sp³-hybridized carbons (Fsp3) is 0.200. The molecule has 0 fully saturated rings. The maximum atomic E-state index is 12.4. The number of rotatable bonds is 4. The summed E-state index contributed by atoms with van der Waals surface area (Å²) in [6.07, 6.45) is 1.55. The van der Waals surface area contributed by atoms with Crippen LogP contribution in [0, 0.1) is 11.3 Å². The Morgan fingerprint density at radius 3 is 2.60 bits per heavy atom. The second-order valence-corrected chi connectivity index (χ2v) is 5.68. The van der Waals surface area contributed by atoms with Crippen LogP contribution in [0.4, 0.5) is 0 Å². The molecule has 1 heterocycles. The Hall–Kier alpha value is -3.26. The highest BCUT2D eigenvalue weighted by Gasteiger charge is 2.15. The monoisotopic (exact) mass is 334 g/mol. The Morgan fingerprint density at radius 1 is 1.16 bits per heavy atom. The molecule has 0 spiro atoms. The lowest BCUT2D eigenvalue weighted by Crippen LogP contribution is -2.27. The summed E-state index contributed by atoms with van der Waals surface area (Å²) in [4.78, 5) is 12.4. The molecular formula is C20H18N2O3. The number of fused-ring (bicyclic) bond motifs is 1. The molecule has 25 heavy (non-hydrogen) atoms. The molecule has 1 atom stereocenters. The van der Waals surface area contributed by atoms with Crippen LogP contribution in [0.1, 0.15) is 24.1 Å². The zero-order valence-electron chi connectivity index (χ0n) is 13.9. The quantitative estimate of drug-likeness (QED) is 0.688. The third-order valence-electron chi connectivity index (χ3n) is 3.89. The average Bonchev–Trinajstić information content (AvgIpc) is 2.66. The highest BCUT2D eigenvalue weighted by Crippen LogP contribution is 2.31. The van der Waals surface area contributed by atoms with Gasteiger partial charge in [-0.05, 0) is 36.3 Å². The van der Waals surface area contributed by atoms with Crippen LogP contribution in [-0.4, -0.2) is 19.1 Å². The van der Waals surface area contributed by atoms with E-state index >= 15 is 0 Å². The van der Waals surface area contributed by atoms with E-state index in [9.17, 15) is 10.1 Å². The highest BCUT2D eigenvalue weighted by molar-refractivity contribution is 6.01. The number of carbonyl (C=O) groups excluding carboxylic acids is 1. The fourth-order valence-electron chi connectivity index (χ4n) is 2.56. The lowest BCUT2D eigenvalue weighted by Gasteiger charge is -2.18. The number of nitriles is 1. The average molecular weight is 334 g/mol. The number of ether oxygens (including phenoxy) is 2. The van der Waals surface area contributed by atoms with Crippen LogP contribution < -0.4 is 14.8 Å². The molecule has 1 aliphatic heterocycles. The molecule has 5 heteroatoms. The van der Waals surface area contributed by atoms with E-state index in [1.807, 2.05) is 43.3 Å². The van der Waals surface area contributed by atoms with Crippen LogP contribution in [0.15, 0.2) is 54.1 Å². The largest absolute Gasteiger partial charge is 0.486 e. The summed E-state index contributed by atoms with van der Waals surface area (Å²) in [6, 6.07) is 16.7. The van der Waals surface area contributed by atoms with Crippen molar-refractivity contribution >= 4 is 12.0 Å². The molecule has 0 saturated carbocycles. The van der Waals surface area contributed by atoms with Gasteiger partial charge >= 0.3 is 0 Å². The zero-order chi connectivity index (χ0) is 17.6. The van der Waals surface area contributed by atoms with Crippen LogP contribution in [0.5, 0.6) is 11.5 Å². The second-order valence-electron chi connectivity index (χ2n) is 5.68. The van der Waals surface area contributed by atoms with Crippen molar-refractivity contribution in [3.05, 3.63) is 65.2 Å². The number of benzene rings is 2. The van der Waals surface area contributed by atoms with E-state index < -0.39 is 5.91 Å². The standard InChI is InChI=1S/C20H18N2O3/c1-14(16-5-3-2-4-6-16)22-20(23)17(13-21)11-15-7-8-18-19(12-15)25-10-9-24-18/h2-8,11-12,14H,9-10H2,1H3,(H,22,23). The minimum absolute atomic E-state index is 0.0412. The summed E-state index contributed by atoms with van der Waals surface area (Å²) in [5.41, 5.74) is 1.73. The SMILES string of the molecule is CC(NC(=O)C(C#N)=Cc1ccc2c(c1)OCCO2)c1ccccc1. The molecule has 1 unspecified atom stereocenters. The Labute approximate surface area is 146 Å². The van der Waals surface area contributed by atoms with Crippen molar-refractivity contribution in [1.82, 2.24) is 5.32 Å². The lowest BCUT2D eigenvalue weighted by molar-refractivity contribution is -0.117. The van der Waals surface area contributed by atoms with E-state index in [4.69, 9.17) is 9.47 Å². The molecule has 2 aromatic rings. The van der Waals surface area contributed by atoms with Crippen molar-refractivity contribution in [2.24, 2.45) is 0 Å². The molecule has 2 aromatic carbocycles. The topological polar surface area (TPSA) is 71.4 Å². The minimum Gasteiger partial charge on any atom is -0.486 e. The van der Waals surface area contributed by atoms with Crippen LogP contribution in [0.2, 0.25) is 0 Å². The number of nitrogens with one attached hydrogen (secondary N) is 1. The molecule has 5 nitrogen and oxygen atoms in total. The maximum Gasteiger partial charge on any atom is 0.262 e. The second kappa shape index (κ2) is 7.54. The van der Waals surface area contributed by atoms with Crippen molar-refractivity contribution in [2.45, 2.75) is 13.0 Å². The van der Waals surface area contributed by atoms with Crippen molar-refractivity contribution in [3.63, 3.8) is 0 Å². The number of carbonyl (C=O) groups is 1. The Kier molecular flexibility index (Phi) is 5.00. The van der Waals surface area contributed by atoms with Gasteiger partial charge in [-0.3, -0.25) is 4.79 Å². The van der Waals surface area contributed by atoms with Gasteiger partial charge in [0.05, 0.1) is 6.04 Å². The summed E-state index contributed by atoms with van der Waals surface area (Å²) in [5, 5.41) is 12.2. The van der Waals surface area contributed by atoms with Crippen molar-refractivity contribution in [3.8, 4) is 17.6 Å². The maximum absolute atomic E-state index is 12.4. The molecule has 0 aliphatic carbocycles. The van der Waals surface area contributed by atoms with Crippen LogP contribution in [0.3, 0.4) is 0 Å². The summed E-state index contributed by atoms with van der Waals surface area (Å²) >= 11 is 0. The highest BCUT2D eigenvalue weighted by atomic mass is 16.6. The third kappa shape index (κ3) is 3.99. The summed E-state index contributed by atoms with van der Waals surface area (Å²) < 4.78 is 11.0. The lowest BCUT2D eigenvalue weighted by atomic mass is 10.1. The molecule has 1 N–H and O–H groups in total. The Morgan fingerprint density at radius 2 is 1.88 bits per heavy atom.